The van der Waals surface area contributed by atoms with Gasteiger partial charge >= 0.3 is 0 Å². The summed E-state index contributed by atoms with van der Waals surface area (Å²) in [6.07, 6.45) is 0.291. The molecule has 0 heterocycles. The molecule has 2 N–H and O–H groups in total. The van der Waals surface area contributed by atoms with Gasteiger partial charge in [-0.3, -0.25) is 14.3 Å². The minimum atomic E-state index is -3.94. The molecule has 8 nitrogen and oxygen atoms in total. The number of ether oxygens (including phenoxy) is 1. The molecule has 0 aliphatic rings. The van der Waals surface area contributed by atoms with Crippen LogP contribution in [0.15, 0.2) is 108 Å². The summed E-state index contributed by atoms with van der Waals surface area (Å²) >= 11 is 6.06. The highest BCUT2D eigenvalue weighted by molar-refractivity contribution is 7.92. The summed E-state index contributed by atoms with van der Waals surface area (Å²) in [4.78, 5) is 28.3. The fourth-order valence-electron chi connectivity index (χ4n) is 4.31. The largest absolute Gasteiger partial charge is 0.484 e. The molecule has 0 radical (unpaired) electrons. The van der Waals surface area contributed by atoms with Crippen molar-refractivity contribution in [1.29, 1.82) is 0 Å². The van der Waals surface area contributed by atoms with Gasteiger partial charge in [-0.2, -0.15) is 0 Å². The Morgan fingerprint density at radius 3 is 2.16 bits per heavy atom. The molecule has 11 heteroatoms. The van der Waals surface area contributed by atoms with Gasteiger partial charge in [0.05, 0.1) is 4.90 Å². The van der Waals surface area contributed by atoms with Crippen molar-refractivity contribution in [3.8, 4) is 5.75 Å². The molecule has 0 bridgehead atoms. The Labute approximate surface area is 255 Å². The number of halogens is 2. The van der Waals surface area contributed by atoms with Crippen molar-refractivity contribution in [3.63, 3.8) is 0 Å². The van der Waals surface area contributed by atoms with Crippen LogP contribution in [0.4, 0.5) is 10.1 Å². The van der Waals surface area contributed by atoms with Gasteiger partial charge < -0.3 is 15.0 Å². The summed E-state index contributed by atoms with van der Waals surface area (Å²) in [6.45, 7) is 1.96. The Morgan fingerprint density at radius 1 is 0.884 bits per heavy atom. The van der Waals surface area contributed by atoms with Crippen LogP contribution in [0.25, 0.3) is 0 Å². The molecule has 224 valence electrons. The zero-order valence-corrected chi connectivity index (χ0v) is 24.9. The van der Waals surface area contributed by atoms with E-state index in [-0.39, 0.29) is 28.8 Å². The molecule has 0 aromatic heterocycles. The third kappa shape index (κ3) is 9.04. The first-order valence-corrected chi connectivity index (χ1v) is 15.4. The normalized spacial score (nSPS) is 11.8. The average Bonchev–Trinajstić information content (AvgIpc) is 3.00. The van der Waals surface area contributed by atoms with Crippen LogP contribution in [0.5, 0.6) is 5.75 Å². The molecule has 43 heavy (non-hydrogen) atoms. The van der Waals surface area contributed by atoms with Gasteiger partial charge in [0.15, 0.2) is 6.61 Å². The molecule has 0 aliphatic heterocycles. The third-order valence-electron chi connectivity index (χ3n) is 6.48. The molecule has 4 aromatic rings. The number of benzene rings is 4. The van der Waals surface area contributed by atoms with Crippen molar-refractivity contribution in [2.24, 2.45) is 0 Å². The molecule has 0 spiro atoms. The number of nitrogens with zero attached hydrogens (tertiary/aromatic N) is 1. The van der Waals surface area contributed by atoms with E-state index < -0.39 is 34.4 Å². The predicted molar refractivity (Wildman–Crippen MR) is 164 cm³/mol. The van der Waals surface area contributed by atoms with E-state index in [1.54, 1.807) is 24.3 Å². The number of carbonyl (C=O) groups excluding carboxylic acids is 2. The van der Waals surface area contributed by atoms with E-state index in [0.717, 1.165) is 23.3 Å². The summed E-state index contributed by atoms with van der Waals surface area (Å²) in [5.41, 5.74) is 1.88. The number of amides is 2. The van der Waals surface area contributed by atoms with E-state index in [1.807, 2.05) is 37.3 Å². The third-order valence-corrected chi connectivity index (χ3v) is 8.13. The van der Waals surface area contributed by atoms with E-state index in [9.17, 15) is 22.4 Å². The smallest absolute Gasteiger partial charge is 0.261 e. The molecule has 0 saturated carbocycles. The van der Waals surface area contributed by atoms with Gasteiger partial charge in [-0.1, -0.05) is 54.1 Å². The topological polar surface area (TPSA) is 105 Å². The number of carbonyl (C=O) groups is 2. The molecule has 0 aliphatic carbocycles. The number of nitrogens with one attached hydrogen (secondary N) is 2. The standard InChI is InChI=1S/C32H31ClFN3O5S/c1-2-35-32(39)30(20-23-6-4-3-5-7-23)37(21-24-8-10-25(33)11-9-24)31(38)22-42-28-16-18-29(19-17-28)43(40,41)36-27-14-12-26(34)13-15-27/h3-19,30,36H,2,20-22H2,1H3,(H,35,39). The summed E-state index contributed by atoms with van der Waals surface area (Å²) in [5.74, 6) is -0.949. The van der Waals surface area contributed by atoms with Gasteiger partial charge in [0.2, 0.25) is 5.91 Å². The molecule has 1 atom stereocenters. The van der Waals surface area contributed by atoms with Gasteiger partial charge in [0.1, 0.15) is 17.6 Å². The molecule has 0 fully saturated rings. The monoisotopic (exact) mass is 623 g/mol. The van der Waals surface area contributed by atoms with Crippen LogP contribution in [0, 0.1) is 5.82 Å². The van der Waals surface area contributed by atoms with E-state index >= 15 is 0 Å². The van der Waals surface area contributed by atoms with Crippen LogP contribution in [-0.4, -0.2) is 44.3 Å². The van der Waals surface area contributed by atoms with Crippen molar-refractivity contribution in [1.82, 2.24) is 10.2 Å². The molecule has 1 unspecified atom stereocenters. The average molecular weight is 624 g/mol. The second-order valence-electron chi connectivity index (χ2n) is 9.62. The fraction of sp³-hybridized carbons (Fsp3) is 0.188. The lowest BCUT2D eigenvalue weighted by Gasteiger charge is -2.31. The highest BCUT2D eigenvalue weighted by Gasteiger charge is 2.30. The van der Waals surface area contributed by atoms with Crippen molar-refractivity contribution in [2.75, 3.05) is 17.9 Å². The maximum absolute atomic E-state index is 13.6. The van der Waals surface area contributed by atoms with Gasteiger partial charge in [0.25, 0.3) is 15.9 Å². The Balaban J connectivity index is 1.51. The first-order valence-electron chi connectivity index (χ1n) is 13.5. The molecule has 4 rings (SSSR count). The first kappa shape index (κ1) is 31.5. The molecule has 0 saturated heterocycles. The number of sulfonamides is 1. The maximum Gasteiger partial charge on any atom is 0.261 e. The Bertz CT molecular complexity index is 1620. The number of rotatable bonds is 13. The second-order valence-corrected chi connectivity index (χ2v) is 11.7. The van der Waals surface area contributed by atoms with Crippen molar-refractivity contribution in [3.05, 3.63) is 125 Å². The van der Waals surface area contributed by atoms with Crippen LogP contribution >= 0.6 is 11.6 Å². The zero-order chi connectivity index (χ0) is 30.8. The molecular formula is C32H31ClFN3O5S. The highest BCUT2D eigenvalue weighted by atomic mass is 35.5. The maximum atomic E-state index is 13.6. The van der Waals surface area contributed by atoms with Crippen molar-refractivity contribution in [2.45, 2.75) is 30.8 Å². The number of anilines is 1. The van der Waals surface area contributed by atoms with Crippen LogP contribution in [-0.2, 0) is 32.6 Å². The zero-order valence-electron chi connectivity index (χ0n) is 23.4. The predicted octanol–water partition coefficient (Wildman–Crippen LogP) is 5.43. The highest BCUT2D eigenvalue weighted by Crippen LogP contribution is 2.21. The lowest BCUT2D eigenvalue weighted by molar-refractivity contribution is -0.142. The quantitative estimate of drug-likeness (QED) is 0.207. The van der Waals surface area contributed by atoms with Crippen LogP contribution in [0.3, 0.4) is 0 Å². The second kappa shape index (κ2) is 14.7. The SMILES string of the molecule is CCNC(=O)C(Cc1ccccc1)N(Cc1ccc(Cl)cc1)C(=O)COc1ccc(S(=O)(=O)Nc2ccc(F)cc2)cc1. The van der Waals surface area contributed by atoms with Gasteiger partial charge in [-0.05, 0) is 78.7 Å². The lowest BCUT2D eigenvalue weighted by Crippen LogP contribution is -2.51. The summed E-state index contributed by atoms with van der Waals surface area (Å²) in [5, 5.41) is 3.38. The number of hydrogen-bond donors (Lipinski definition) is 2. The minimum absolute atomic E-state index is 0.0426. The molecule has 2 amide bonds. The van der Waals surface area contributed by atoms with Crippen molar-refractivity contribution < 1.29 is 27.1 Å². The number of likely N-dealkylation sites (N-methyl/N-ethyl adjacent to an activating group) is 1. The van der Waals surface area contributed by atoms with Crippen molar-refractivity contribution >= 4 is 39.1 Å². The summed E-state index contributed by atoms with van der Waals surface area (Å²) in [7, 11) is -3.94. The minimum Gasteiger partial charge on any atom is -0.484 e. The van der Waals surface area contributed by atoms with E-state index in [4.69, 9.17) is 16.3 Å². The Hall–Kier alpha value is -4.41. The Kier molecular flexibility index (Phi) is 10.7. The van der Waals surface area contributed by atoms with Gasteiger partial charge in [0, 0.05) is 30.2 Å². The lowest BCUT2D eigenvalue weighted by atomic mass is 10.0. The Morgan fingerprint density at radius 2 is 1.53 bits per heavy atom. The van der Waals surface area contributed by atoms with Crippen LogP contribution in [0.2, 0.25) is 5.02 Å². The van der Waals surface area contributed by atoms with E-state index in [2.05, 4.69) is 10.0 Å². The van der Waals surface area contributed by atoms with Crippen LogP contribution in [0.1, 0.15) is 18.1 Å². The van der Waals surface area contributed by atoms with E-state index in [0.29, 0.717) is 18.0 Å². The molecule has 4 aromatic carbocycles. The van der Waals surface area contributed by atoms with E-state index in [1.165, 1.54) is 41.3 Å². The number of hydrogen-bond acceptors (Lipinski definition) is 5. The van der Waals surface area contributed by atoms with Gasteiger partial charge in [-0.25, -0.2) is 12.8 Å². The fourth-order valence-corrected chi connectivity index (χ4v) is 5.49. The summed E-state index contributed by atoms with van der Waals surface area (Å²) in [6, 6.07) is 26.1. The first-order chi connectivity index (χ1) is 20.6. The van der Waals surface area contributed by atoms with Crippen LogP contribution < -0.4 is 14.8 Å². The van der Waals surface area contributed by atoms with Gasteiger partial charge in [-0.15, -0.1) is 0 Å². The summed E-state index contributed by atoms with van der Waals surface area (Å²) < 4.78 is 46.8. The molecular weight excluding hydrogens is 593 g/mol.